The molecule has 0 bridgehead atoms. The maximum atomic E-state index is 12.1. The fraction of sp³-hybridized carbons (Fsp3) is 0.318. The highest BCUT2D eigenvalue weighted by Crippen LogP contribution is 2.33. The van der Waals surface area contributed by atoms with Crippen LogP contribution in [0.15, 0.2) is 41.2 Å². The molecule has 170 valence electrons. The number of phenolic OH excluding ortho intramolecular Hbond substituents is 1. The van der Waals surface area contributed by atoms with E-state index in [-0.39, 0.29) is 28.7 Å². The Balaban J connectivity index is 1.32. The van der Waals surface area contributed by atoms with Gasteiger partial charge in [-0.05, 0) is 32.9 Å². The first-order chi connectivity index (χ1) is 15.7. The number of aromatic hydroxyl groups is 1. The van der Waals surface area contributed by atoms with Gasteiger partial charge in [0.2, 0.25) is 0 Å². The molecule has 4 heterocycles. The van der Waals surface area contributed by atoms with Crippen LogP contribution in [0, 0.1) is 0 Å². The fourth-order valence-electron chi connectivity index (χ4n) is 3.61. The van der Waals surface area contributed by atoms with Crippen molar-refractivity contribution < 1.29 is 14.3 Å². The molecule has 4 aromatic rings. The maximum absolute atomic E-state index is 12.1. The Kier molecular flexibility index (Phi) is 4.69. The van der Waals surface area contributed by atoms with Crippen molar-refractivity contribution in [3.8, 4) is 5.75 Å². The van der Waals surface area contributed by atoms with Crippen LogP contribution in [-0.2, 0) is 5.54 Å². The Morgan fingerprint density at radius 2 is 2.03 bits per heavy atom. The van der Waals surface area contributed by atoms with Gasteiger partial charge in [-0.2, -0.15) is 10.1 Å². The zero-order chi connectivity index (χ0) is 23.3. The number of anilines is 3. The molecule has 1 amide bonds. The van der Waals surface area contributed by atoms with Crippen LogP contribution in [0.3, 0.4) is 0 Å². The number of nitrogens with two attached hydrogens (primary N) is 1. The van der Waals surface area contributed by atoms with Gasteiger partial charge in [-0.15, -0.1) is 0 Å². The van der Waals surface area contributed by atoms with Gasteiger partial charge < -0.3 is 25.5 Å². The van der Waals surface area contributed by atoms with E-state index in [1.807, 2.05) is 36.5 Å². The number of carbonyl (C=O) groups excluding carboxylic acids is 1. The van der Waals surface area contributed by atoms with Crippen LogP contribution in [0.5, 0.6) is 5.75 Å². The molecule has 1 aliphatic rings. The second-order valence-corrected chi connectivity index (χ2v) is 9.08. The Morgan fingerprint density at radius 3 is 2.73 bits per heavy atom. The van der Waals surface area contributed by atoms with Crippen molar-refractivity contribution in [2.24, 2.45) is 5.73 Å². The van der Waals surface area contributed by atoms with Gasteiger partial charge in [0.25, 0.3) is 11.9 Å². The molecule has 1 saturated heterocycles. The van der Waals surface area contributed by atoms with Crippen LogP contribution in [0.4, 0.5) is 17.5 Å². The molecule has 0 saturated carbocycles. The summed E-state index contributed by atoms with van der Waals surface area (Å²) in [4.78, 5) is 27.4. The summed E-state index contributed by atoms with van der Waals surface area (Å²) < 4.78 is 7.55. The van der Waals surface area contributed by atoms with Crippen molar-refractivity contribution in [1.82, 2.24) is 24.7 Å². The number of carbonyl (C=O) groups is 1. The zero-order valence-corrected chi connectivity index (χ0v) is 18.5. The number of hydrogen-bond acceptors (Lipinski definition) is 9. The van der Waals surface area contributed by atoms with E-state index in [4.69, 9.17) is 10.2 Å². The molecule has 33 heavy (non-hydrogen) atoms. The standard InChI is InChI=1S/C22H24N8O3/c1-22(2,3)30-11-13(7-25-30)26-20-18(19(23)32)27-16(8-24-20)12-9-29(10-12)21-28-15-5-4-14(31)6-17(15)33-21/h4-8,11-12,31H,9-10H2,1-3H3,(H2,23,32)(H,24,26). The first-order valence-corrected chi connectivity index (χ1v) is 10.5. The van der Waals surface area contributed by atoms with Gasteiger partial charge in [0.1, 0.15) is 11.3 Å². The number of primary amides is 1. The molecule has 3 aromatic heterocycles. The number of hydrogen-bond donors (Lipinski definition) is 3. The third-order valence-electron chi connectivity index (χ3n) is 5.49. The molecule has 0 radical (unpaired) electrons. The van der Waals surface area contributed by atoms with Crippen LogP contribution >= 0.6 is 0 Å². The predicted octanol–water partition coefficient (Wildman–Crippen LogP) is 2.72. The number of oxazole rings is 1. The highest BCUT2D eigenvalue weighted by molar-refractivity contribution is 5.96. The largest absolute Gasteiger partial charge is 0.508 e. The average molecular weight is 448 g/mol. The molecular weight excluding hydrogens is 424 g/mol. The molecule has 4 N–H and O–H groups in total. The third kappa shape index (κ3) is 3.93. The Bertz CT molecular complexity index is 1350. The lowest BCUT2D eigenvalue weighted by atomic mass is 9.97. The van der Waals surface area contributed by atoms with Gasteiger partial charge in [-0.25, -0.2) is 9.97 Å². The van der Waals surface area contributed by atoms with Crippen molar-refractivity contribution in [3.63, 3.8) is 0 Å². The zero-order valence-electron chi connectivity index (χ0n) is 18.5. The Hall–Kier alpha value is -4.15. The minimum Gasteiger partial charge on any atom is -0.508 e. The summed E-state index contributed by atoms with van der Waals surface area (Å²) in [7, 11) is 0. The molecule has 11 nitrogen and oxygen atoms in total. The van der Waals surface area contributed by atoms with Gasteiger partial charge in [-0.3, -0.25) is 9.48 Å². The van der Waals surface area contributed by atoms with Crippen molar-refractivity contribution >= 4 is 34.5 Å². The molecule has 1 aliphatic heterocycles. The number of aromatic nitrogens is 5. The number of amides is 1. The molecule has 0 spiro atoms. The molecule has 0 unspecified atom stereocenters. The van der Waals surface area contributed by atoms with E-state index in [2.05, 4.69) is 25.4 Å². The van der Waals surface area contributed by atoms with Gasteiger partial charge in [0, 0.05) is 31.3 Å². The number of fused-ring (bicyclic) bond motifs is 1. The number of rotatable bonds is 5. The predicted molar refractivity (Wildman–Crippen MR) is 122 cm³/mol. The molecule has 0 atom stereocenters. The van der Waals surface area contributed by atoms with Crippen LogP contribution < -0.4 is 16.0 Å². The molecule has 0 aliphatic carbocycles. The normalized spacial score (nSPS) is 14.5. The topological polar surface area (TPSA) is 148 Å². The molecular formula is C22H24N8O3. The van der Waals surface area contributed by atoms with Crippen LogP contribution in [0.1, 0.15) is 42.9 Å². The van der Waals surface area contributed by atoms with E-state index >= 15 is 0 Å². The molecule has 11 heteroatoms. The quantitative estimate of drug-likeness (QED) is 0.419. The first kappa shape index (κ1) is 20.7. The summed E-state index contributed by atoms with van der Waals surface area (Å²) in [6, 6.07) is 5.28. The summed E-state index contributed by atoms with van der Waals surface area (Å²) >= 11 is 0. The minimum absolute atomic E-state index is 0.0525. The number of phenols is 1. The van der Waals surface area contributed by atoms with Gasteiger partial charge >= 0.3 is 0 Å². The highest BCUT2D eigenvalue weighted by atomic mass is 16.4. The summed E-state index contributed by atoms with van der Waals surface area (Å²) in [5.41, 5.74) is 8.04. The third-order valence-corrected chi connectivity index (χ3v) is 5.49. The number of benzene rings is 1. The summed E-state index contributed by atoms with van der Waals surface area (Å²) in [6.07, 6.45) is 5.15. The van der Waals surface area contributed by atoms with Crippen molar-refractivity contribution in [2.45, 2.75) is 32.2 Å². The summed E-state index contributed by atoms with van der Waals surface area (Å²) in [5, 5.41) is 17.0. The maximum Gasteiger partial charge on any atom is 0.298 e. The van der Waals surface area contributed by atoms with Crippen LogP contribution in [0.25, 0.3) is 11.1 Å². The van der Waals surface area contributed by atoms with E-state index in [0.29, 0.717) is 41.6 Å². The minimum atomic E-state index is -0.662. The lowest BCUT2D eigenvalue weighted by Crippen LogP contribution is -2.45. The lowest BCUT2D eigenvalue weighted by molar-refractivity contribution is 0.0995. The van der Waals surface area contributed by atoms with Gasteiger partial charge in [0.05, 0.1) is 29.3 Å². The summed E-state index contributed by atoms with van der Waals surface area (Å²) in [5.74, 6) is -0.197. The van der Waals surface area contributed by atoms with E-state index in [9.17, 15) is 9.90 Å². The van der Waals surface area contributed by atoms with E-state index in [0.717, 1.165) is 0 Å². The van der Waals surface area contributed by atoms with Crippen LogP contribution in [-0.4, -0.2) is 48.8 Å². The number of nitrogens with one attached hydrogen (secondary N) is 1. The first-order valence-electron chi connectivity index (χ1n) is 10.5. The average Bonchev–Trinajstić information content (AvgIpc) is 3.34. The van der Waals surface area contributed by atoms with E-state index in [1.165, 1.54) is 6.07 Å². The Morgan fingerprint density at radius 1 is 1.24 bits per heavy atom. The Labute approximate surface area is 189 Å². The second-order valence-electron chi connectivity index (χ2n) is 9.08. The lowest BCUT2D eigenvalue weighted by Gasteiger charge is -2.37. The van der Waals surface area contributed by atoms with Crippen molar-refractivity contribution in [2.75, 3.05) is 23.3 Å². The van der Waals surface area contributed by atoms with Crippen molar-refractivity contribution in [3.05, 3.63) is 48.2 Å². The monoisotopic (exact) mass is 448 g/mol. The number of nitrogens with zero attached hydrogens (tertiary/aromatic N) is 6. The molecule has 1 fully saturated rings. The molecule has 1 aromatic carbocycles. The van der Waals surface area contributed by atoms with E-state index in [1.54, 1.807) is 24.5 Å². The SMILES string of the molecule is CC(C)(C)n1cc(Nc2ncc(C3CN(c4nc5ccc(O)cc5o4)C3)nc2C(N)=O)cn1. The molecule has 5 rings (SSSR count). The smallest absolute Gasteiger partial charge is 0.298 e. The van der Waals surface area contributed by atoms with Crippen molar-refractivity contribution in [1.29, 1.82) is 0 Å². The van der Waals surface area contributed by atoms with Gasteiger partial charge in [-0.1, -0.05) is 0 Å². The highest BCUT2D eigenvalue weighted by Gasteiger charge is 2.33. The van der Waals surface area contributed by atoms with Gasteiger partial charge in [0.15, 0.2) is 17.1 Å². The summed E-state index contributed by atoms with van der Waals surface area (Å²) in [6.45, 7) is 7.34. The van der Waals surface area contributed by atoms with Crippen LogP contribution in [0.2, 0.25) is 0 Å². The fourth-order valence-corrected chi connectivity index (χ4v) is 3.61. The second kappa shape index (κ2) is 7.47. The van der Waals surface area contributed by atoms with E-state index < -0.39 is 5.91 Å².